The zero-order chi connectivity index (χ0) is 26.9. The average Bonchev–Trinajstić information content (AvgIpc) is 2.70. The van der Waals surface area contributed by atoms with Crippen LogP contribution in [0.5, 0.6) is 0 Å². The molecule has 0 aromatic heterocycles. The van der Waals surface area contributed by atoms with Crippen LogP contribution in [0.4, 0.5) is 11.4 Å². The van der Waals surface area contributed by atoms with Gasteiger partial charge in [-0.3, -0.25) is 4.79 Å². The molecule has 2 N–H and O–H groups in total. The number of esters is 1. The number of hydrogen-bond donors (Lipinski definition) is 2. The molecule has 0 fully saturated rings. The van der Waals surface area contributed by atoms with Gasteiger partial charge in [-0.15, -0.1) is 0 Å². The third kappa shape index (κ3) is 14.5. The highest BCUT2D eigenvalue weighted by Crippen LogP contribution is 2.19. The Labute approximate surface area is 214 Å². The molecule has 0 spiro atoms. The summed E-state index contributed by atoms with van der Waals surface area (Å²) in [6, 6.07) is 16.4. The largest absolute Gasteiger partial charge is 0.460 e. The summed E-state index contributed by atoms with van der Waals surface area (Å²) in [7, 11) is 0. The molecule has 2 rings (SSSR count). The fourth-order valence-electron chi connectivity index (χ4n) is 2.86. The summed E-state index contributed by atoms with van der Waals surface area (Å²) < 4.78 is 10.8. The Hall–Kier alpha value is -2.53. The van der Waals surface area contributed by atoms with E-state index in [0.717, 1.165) is 16.9 Å². The molecule has 0 aliphatic carbocycles. The molecular weight excluding hydrogens is 436 g/mol. The molecule has 0 radical (unpaired) electrons. The van der Waals surface area contributed by atoms with Crippen LogP contribution in [0, 0.1) is 5.41 Å². The first-order chi connectivity index (χ1) is 15.9. The minimum atomic E-state index is -0.451. The SMILES string of the molecule is CC(C)(C)Nc1ccc(COC(=O)C(C)(C)C)cc1.CC(C)OCc1ccc(NC(C)(C)C)cc1. The first-order valence-corrected chi connectivity index (χ1v) is 12.5. The average molecular weight is 485 g/mol. The van der Waals surface area contributed by atoms with Crippen LogP contribution in [0.2, 0.25) is 0 Å². The lowest BCUT2D eigenvalue weighted by atomic mass is 9.97. The molecule has 0 aliphatic heterocycles. The number of carbonyl (C=O) groups excluding carboxylic acids is 1. The summed E-state index contributed by atoms with van der Waals surface area (Å²) in [5, 5.41) is 6.82. The fourth-order valence-corrected chi connectivity index (χ4v) is 2.86. The van der Waals surface area contributed by atoms with Crippen LogP contribution in [-0.4, -0.2) is 23.2 Å². The third-order valence-corrected chi connectivity index (χ3v) is 4.51. The normalized spacial score (nSPS) is 12.0. The van der Waals surface area contributed by atoms with Crippen LogP contribution < -0.4 is 10.6 Å². The van der Waals surface area contributed by atoms with Crippen molar-refractivity contribution in [2.75, 3.05) is 10.6 Å². The van der Waals surface area contributed by atoms with Gasteiger partial charge >= 0.3 is 5.97 Å². The van der Waals surface area contributed by atoms with Crippen molar-refractivity contribution < 1.29 is 14.3 Å². The maximum absolute atomic E-state index is 11.7. The second kappa shape index (κ2) is 13.0. The smallest absolute Gasteiger partial charge is 0.311 e. The van der Waals surface area contributed by atoms with Gasteiger partial charge in [0.1, 0.15) is 6.61 Å². The molecule has 196 valence electrons. The first-order valence-electron chi connectivity index (χ1n) is 12.5. The van der Waals surface area contributed by atoms with E-state index in [9.17, 15) is 4.79 Å². The lowest BCUT2D eigenvalue weighted by Gasteiger charge is -2.22. The van der Waals surface area contributed by atoms with Crippen molar-refractivity contribution in [1.29, 1.82) is 0 Å². The van der Waals surface area contributed by atoms with Gasteiger partial charge in [0.25, 0.3) is 0 Å². The number of benzene rings is 2. The molecule has 0 atom stereocenters. The molecule has 5 nitrogen and oxygen atoms in total. The van der Waals surface area contributed by atoms with Crippen LogP contribution in [-0.2, 0) is 27.5 Å². The highest BCUT2D eigenvalue weighted by Gasteiger charge is 2.22. The monoisotopic (exact) mass is 484 g/mol. The lowest BCUT2D eigenvalue weighted by Crippen LogP contribution is -2.26. The van der Waals surface area contributed by atoms with Crippen LogP contribution in [0.1, 0.15) is 87.3 Å². The second-order valence-corrected chi connectivity index (χ2v) is 12.3. The van der Waals surface area contributed by atoms with Gasteiger partial charge in [-0.25, -0.2) is 0 Å². The Morgan fingerprint density at radius 2 is 1.06 bits per heavy atom. The Balaban J connectivity index is 0.000000355. The standard InChI is InChI=1S/C16H25NO2.C14H23NO/c1-15(2,3)14(18)19-11-12-7-9-13(10-8-12)17-16(4,5)6;1-11(2)16-10-12-6-8-13(9-7-12)15-14(3,4)5/h7-10,17H,11H2,1-6H3;6-9,11,15H,10H2,1-5H3. The predicted octanol–water partition coefficient (Wildman–Crippen LogP) is 7.81. The van der Waals surface area contributed by atoms with Gasteiger partial charge in [-0.2, -0.15) is 0 Å². The molecule has 0 saturated carbocycles. The molecule has 0 saturated heterocycles. The van der Waals surface area contributed by atoms with Gasteiger partial charge in [0.15, 0.2) is 0 Å². The summed E-state index contributed by atoms with van der Waals surface area (Å²) in [4.78, 5) is 11.7. The Morgan fingerprint density at radius 3 is 1.37 bits per heavy atom. The van der Waals surface area contributed by atoms with E-state index in [1.165, 1.54) is 5.56 Å². The molecule has 0 aliphatic rings. The van der Waals surface area contributed by atoms with Crippen molar-refractivity contribution in [3.05, 3.63) is 59.7 Å². The number of hydrogen-bond acceptors (Lipinski definition) is 5. The molecule has 0 unspecified atom stereocenters. The van der Waals surface area contributed by atoms with E-state index in [0.29, 0.717) is 13.2 Å². The zero-order valence-corrected chi connectivity index (χ0v) is 23.8. The third-order valence-electron chi connectivity index (χ3n) is 4.51. The minimum absolute atomic E-state index is 0.0419. The number of rotatable bonds is 7. The van der Waals surface area contributed by atoms with Gasteiger partial charge in [-0.05, 0) is 112 Å². The van der Waals surface area contributed by atoms with E-state index >= 15 is 0 Å². The Bertz CT molecular complexity index is 882. The van der Waals surface area contributed by atoms with E-state index in [-0.39, 0.29) is 23.2 Å². The van der Waals surface area contributed by atoms with Crippen LogP contribution in [0.15, 0.2) is 48.5 Å². The van der Waals surface area contributed by atoms with Gasteiger partial charge in [0, 0.05) is 22.5 Å². The molecule has 0 bridgehead atoms. The highest BCUT2D eigenvalue weighted by atomic mass is 16.5. The minimum Gasteiger partial charge on any atom is -0.460 e. The molecule has 5 heteroatoms. The zero-order valence-electron chi connectivity index (χ0n) is 23.8. The number of nitrogens with one attached hydrogen (secondary N) is 2. The van der Waals surface area contributed by atoms with Crippen LogP contribution in [0.3, 0.4) is 0 Å². The van der Waals surface area contributed by atoms with Crippen molar-refractivity contribution in [2.45, 2.75) is 107 Å². The van der Waals surface area contributed by atoms with Gasteiger partial charge < -0.3 is 20.1 Å². The van der Waals surface area contributed by atoms with Gasteiger partial charge in [-0.1, -0.05) is 24.3 Å². The molecular formula is C30H48N2O3. The van der Waals surface area contributed by atoms with Crippen LogP contribution >= 0.6 is 0 Å². The quantitative estimate of drug-likeness (QED) is 0.392. The number of carbonyl (C=O) groups is 1. The van der Waals surface area contributed by atoms with E-state index in [1.54, 1.807) is 0 Å². The Morgan fingerprint density at radius 1 is 0.686 bits per heavy atom. The summed E-state index contributed by atoms with van der Waals surface area (Å²) in [6.45, 7) is 23.5. The van der Waals surface area contributed by atoms with E-state index in [4.69, 9.17) is 9.47 Å². The summed E-state index contributed by atoms with van der Waals surface area (Å²) in [5.41, 5.74) is 4.13. The van der Waals surface area contributed by atoms with Crippen LogP contribution in [0.25, 0.3) is 0 Å². The van der Waals surface area contributed by atoms with E-state index in [1.807, 2.05) is 45.0 Å². The number of ether oxygens (including phenoxy) is 2. The van der Waals surface area contributed by atoms with Crippen molar-refractivity contribution >= 4 is 17.3 Å². The van der Waals surface area contributed by atoms with E-state index in [2.05, 4.69) is 90.3 Å². The van der Waals surface area contributed by atoms with Crippen molar-refractivity contribution in [3.63, 3.8) is 0 Å². The molecule has 2 aromatic rings. The van der Waals surface area contributed by atoms with Crippen molar-refractivity contribution in [1.82, 2.24) is 0 Å². The fraction of sp³-hybridized carbons (Fsp3) is 0.567. The van der Waals surface area contributed by atoms with E-state index < -0.39 is 5.41 Å². The van der Waals surface area contributed by atoms with Gasteiger partial charge in [0.05, 0.1) is 18.1 Å². The summed E-state index contributed by atoms with van der Waals surface area (Å²) >= 11 is 0. The number of anilines is 2. The van der Waals surface area contributed by atoms with Crippen molar-refractivity contribution in [2.24, 2.45) is 5.41 Å². The Kier molecular flexibility index (Phi) is 11.3. The second-order valence-electron chi connectivity index (χ2n) is 12.3. The topological polar surface area (TPSA) is 59.6 Å². The molecule has 0 heterocycles. The molecule has 2 aromatic carbocycles. The predicted molar refractivity (Wildman–Crippen MR) is 149 cm³/mol. The highest BCUT2D eigenvalue weighted by molar-refractivity contribution is 5.75. The summed E-state index contributed by atoms with van der Waals surface area (Å²) in [5.74, 6) is -0.176. The molecule has 0 amide bonds. The maximum Gasteiger partial charge on any atom is 0.311 e. The maximum atomic E-state index is 11.7. The summed E-state index contributed by atoms with van der Waals surface area (Å²) in [6.07, 6.45) is 0.285. The molecule has 35 heavy (non-hydrogen) atoms. The first kappa shape index (κ1) is 30.5. The van der Waals surface area contributed by atoms with Crippen molar-refractivity contribution in [3.8, 4) is 0 Å². The van der Waals surface area contributed by atoms with Gasteiger partial charge in [0.2, 0.25) is 0 Å². The lowest BCUT2D eigenvalue weighted by molar-refractivity contribution is -0.154.